The molecule has 1 fully saturated rings. The van der Waals surface area contributed by atoms with Crippen molar-refractivity contribution in [1.82, 2.24) is 5.32 Å². The fourth-order valence-electron chi connectivity index (χ4n) is 3.58. The van der Waals surface area contributed by atoms with Crippen LogP contribution in [-0.2, 0) is 17.6 Å². The van der Waals surface area contributed by atoms with Gasteiger partial charge in [-0.1, -0.05) is 25.1 Å². The molecule has 2 heteroatoms. The zero-order valence-electron chi connectivity index (χ0n) is 12.7. The highest BCUT2D eigenvalue weighted by atomic mass is 16.5. The van der Waals surface area contributed by atoms with Gasteiger partial charge in [0.1, 0.15) is 0 Å². The number of benzene rings is 1. The van der Waals surface area contributed by atoms with E-state index < -0.39 is 0 Å². The van der Waals surface area contributed by atoms with Crippen LogP contribution in [0.15, 0.2) is 18.2 Å². The van der Waals surface area contributed by atoms with Gasteiger partial charge in [-0.3, -0.25) is 0 Å². The topological polar surface area (TPSA) is 21.3 Å². The Labute approximate surface area is 122 Å². The molecule has 110 valence electrons. The lowest BCUT2D eigenvalue weighted by Crippen LogP contribution is -2.32. The minimum absolute atomic E-state index is 0.364. The van der Waals surface area contributed by atoms with E-state index in [0.29, 0.717) is 12.1 Å². The van der Waals surface area contributed by atoms with Crippen LogP contribution in [0.25, 0.3) is 0 Å². The summed E-state index contributed by atoms with van der Waals surface area (Å²) in [5, 5.41) is 3.71. The molecule has 1 heterocycles. The standard InChI is InChI=1S/C18H27NO/c1-2-11-19-18(17-8-5-12-20-17)16-10-9-14-6-3-4-7-15(14)13-16/h9-10,13,17-19H,2-8,11-12H2,1H3. The average Bonchev–Trinajstić information content (AvgIpc) is 3.02. The van der Waals surface area contributed by atoms with Crippen molar-refractivity contribution in [3.05, 3.63) is 34.9 Å². The number of rotatable bonds is 5. The molecule has 1 aromatic rings. The Hall–Kier alpha value is -0.860. The Morgan fingerprint density at radius 2 is 2.05 bits per heavy atom. The second-order valence-corrected chi connectivity index (χ2v) is 6.22. The van der Waals surface area contributed by atoms with E-state index in [-0.39, 0.29) is 0 Å². The highest BCUT2D eigenvalue weighted by molar-refractivity contribution is 5.35. The number of hydrogen-bond acceptors (Lipinski definition) is 2. The number of aryl methyl sites for hydroxylation is 2. The van der Waals surface area contributed by atoms with Crippen LogP contribution in [0.1, 0.15) is 61.8 Å². The first-order valence-electron chi connectivity index (χ1n) is 8.35. The molecule has 20 heavy (non-hydrogen) atoms. The van der Waals surface area contributed by atoms with Gasteiger partial charge in [0.2, 0.25) is 0 Å². The summed E-state index contributed by atoms with van der Waals surface area (Å²) in [5.74, 6) is 0. The maximum Gasteiger partial charge on any atom is 0.0770 e. The second-order valence-electron chi connectivity index (χ2n) is 6.22. The quantitative estimate of drug-likeness (QED) is 0.881. The van der Waals surface area contributed by atoms with Crippen molar-refractivity contribution in [3.8, 4) is 0 Å². The van der Waals surface area contributed by atoms with Crippen LogP contribution in [0.4, 0.5) is 0 Å². The van der Waals surface area contributed by atoms with Crippen LogP contribution in [0, 0.1) is 0 Å². The predicted octanol–water partition coefficient (Wildman–Crippen LogP) is 3.79. The zero-order valence-corrected chi connectivity index (χ0v) is 12.7. The van der Waals surface area contributed by atoms with Gasteiger partial charge in [-0.15, -0.1) is 0 Å². The molecule has 2 unspecified atom stereocenters. The van der Waals surface area contributed by atoms with Gasteiger partial charge in [-0.25, -0.2) is 0 Å². The molecule has 0 amide bonds. The fourth-order valence-corrected chi connectivity index (χ4v) is 3.58. The summed E-state index contributed by atoms with van der Waals surface area (Å²) < 4.78 is 5.95. The van der Waals surface area contributed by atoms with Crippen molar-refractivity contribution in [2.75, 3.05) is 13.2 Å². The van der Waals surface area contributed by atoms with Gasteiger partial charge in [-0.05, 0) is 68.2 Å². The largest absolute Gasteiger partial charge is 0.376 e. The summed E-state index contributed by atoms with van der Waals surface area (Å²) in [4.78, 5) is 0. The van der Waals surface area contributed by atoms with Gasteiger partial charge in [0.05, 0.1) is 12.1 Å². The lowest BCUT2D eigenvalue weighted by molar-refractivity contribution is 0.0783. The van der Waals surface area contributed by atoms with E-state index in [2.05, 4.69) is 30.4 Å². The van der Waals surface area contributed by atoms with Crippen LogP contribution < -0.4 is 5.32 Å². The third-order valence-corrected chi connectivity index (χ3v) is 4.68. The van der Waals surface area contributed by atoms with E-state index >= 15 is 0 Å². The number of nitrogens with one attached hydrogen (secondary N) is 1. The molecule has 2 atom stereocenters. The number of hydrogen-bond donors (Lipinski definition) is 1. The van der Waals surface area contributed by atoms with Crippen LogP contribution in [-0.4, -0.2) is 19.3 Å². The first kappa shape index (κ1) is 14.1. The summed E-state index contributed by atoms with van der Waals surface area (Å²) in [6, 6.07) is 7.52. The SMILES string of the molecule is CCCNC(c1ccc2c(c1)CCCC2)C1CCCO1. The van der Waals surface area contributed by atoms with Gasteiger partial charge in [0, 0.05) is 6.61 Å². The van der Waals surface area contributed by atoms with Crippen molar-refractivity contribution >= 4 is 0 Å². The van der Waals surface area contributed by atoms with E-state index in [9.17, 15) is 0 Å². The van der Waals surface area contributed by atoms with E-state index in [0.717, 1.165) is 13.2 Å². The molecule has 1 aromatic carbocycles. The van der Waals surface area contributed by atoms with E-state index in [1.54, 1.807) is 11.1 Å². The Balaban J connectivity index is 1.81. The van der Waals surface area contributed by atoms with Crippen LogP contribution in [0.5, 0.6) is 0 Å². The zero-order chi connectivity index (χ0) is 13.8. The normalized spacial score (nSPS) is 23.6. The molecule has 1 saturated heterocycles. The molecule has 0 bridgehead atoms. The third-order valence-electron chi connectivity index (χ3n) is 4.68. The molecule has 3 rings (SSSR count). The highest BCUT2D eigenvalue weighted by Gasteiger charge is 2.27. The predicted molar refractivity (Wildman–Crippen MR) is 83.1 cm³/mol. The van der Waals surface area contributed by atoms with Crippen LogP contribution in [0.3, 0.4) is 0 Å². The molecule has 2 nitrogen and oxygen atoms in total. The second kappa shape index (κ2) is 6.73. The van der Waals surface area contributed by atoms with Gasteiger partial charge >= 0.3 is 0 Å². The molecule has 2 aliphatic rings. The summed E-state index contributed by atoms with van der Waals surface area (Å²) in [5.41, 5.74) is 4.59. The van der Waals surface area contributed by atoms with Crippen molar-refractivity contribution in [2.24, 2.45) is 0 Å². The molecular formula is C18H27NO. The maximum absolute atomic E-state index is 5.95. The molecule has 1 aliphatic heterocycles. The molecule has 1 N–H and O–H groups in total. The molecule has 1 aliphatic carbocycles. The Kier molecular flexibility index (Phi) is 4.74. The maximum atomic E-state index is 5.95. The van der Waals surface area contributed by atoms with E-state index in [4.69, 9.17) is 4.74 Å². The Morgan fingerprint density at radius 3 is 2.80 bits per heavy atom. The Bertz CT molecular complexity index is 437. The first-order chi connectivity index (χ1) is 9.88. The summed E-state index contributed by atoms with van der Waals surface area (Å²) in [7, 11) is 0. The molecular weight excluding hydrogens is 246 g/mol. The highest BCUT2D eigenvalue weighted by Crippen LogP contribution is 2.30. The summed E-state index contributed by atoms with van der Waals surface area (Å²) in [6.07, 6.45) is 9.17. The van der Waals surface area contributed by atoms with Crippen LogP contribution in [0.2, 0.25) is 0 Å². The summed E-state index contributed by atoms with van der Waals surface area (Å²) >= 11 is 0. The van der Waals surface area contributed by atoms with Gasteiger partial charge in [0.25, 0.3) is 0 Å². The monoisotopic (exact) mass is 273 g/mol. The van der Waals surface area contributed by atoms with Crippen molar-refractivity contribution in [1.29, 1.82) is 0 Å². The van der Waals surface area contributed by atoms with Crippen LogP contribution >= 0.6 is 0 Å². The Morgan fingerprint density at radius 1 is 1.20 bits per heavy atom. The lowest BCUT2D eigenvalue weighted by Gasteiger charge is -2.26. The molecule has 0 saturated carbocycles. The summed E-state index contributed by atoms with van der Waals surface area (Å²) in [6.45, 7) is 4.23. The van der Waals surface area contributed by atoms with Crippen molar-refractivity contribution in [2.45, 2.75) is 64.0 Å². The van der Waals surface area contributed by atoms with Crippen molar-refractivity contribution < 1.29 is 4.74 Å². The minimum atomic E-state index is 0.364. The molecule has 0 spiro atoms. The van der Waals surface area contributed by atoms with Gasteiger partial charge < -0.3 is 10.1 Å². The number of ether oxygens (including phenoxy) is 1. The molecule has 0 aromatic heterocycles. The molecule has 0 radical (unpaired) electrons. The van der Waals surface area contributed by atoms with E-state index in [1.807, 2.05) is 0 Å². The van der Waals surface area contributed by atoms with E-state index in [1.165, 1.54) is 50.5 Å². The smallest absolute Gasteiger partial charge is 0.0770 e. The van der Waals surface area contributed by atoms with Crippen molar-refractivity contribution in [3.63, 3.8) is 0 Å². The lowest BCUT2D eigenvalue weighted by atomic mass is 9.88. The minimum Gasteiger partial charge on any atom is -0.376 e. The van der Waals surface area contributed by atoms with Gasteiger partial charge in [-0.2, -0.15) is 0 Å². The number of fused-ring (bicyclic) bond motifs is 1. The first-order valence-corrected chi connectivity index (χ1v) is 8.35. The van der Waals surface area contributed by atoms with Gasteiger partial charge in [0.15, 0.2) is 0 Å². The fraction of sp³-hybridized carbons (Fsp3) is 0.667. The third kappa shape index (κ3) is 3.07. The average molecular weight is 273 g/mol.